The molecule has 1 rings (SSSR count). The van der Waals surface area contributed by atoms with E-state index in [2.05, 4.69) is 28.7 Å². The summed E-state index contributed by atoms with van der Waals surface area (Å²) in [6.07, 6.45) is 10.1. The predicted octanol–water partition coefficient (Wildman–Crippen LogP) is 5.09. The zero-order valence-corrected chi connectivity index (χ0v) is 18.0. The Hall–Kier alpha value is -1.40. The zero-order chi connectivity index (χ0) is 20.3. The summed E-state index contributed by atoms with van der Waals surface area (Å²) in [7, 11) is -3.23. The van der Waals surface area contributed by atoms with Gasteiger partial charge in [0.1, 0.15) is 5.67 Å². The van der Waals surface area contributed by atoms with Crippen LogP contribution in [0.4, 0.5) is 10.1 Å². The lowest BCUT2D eigenvalue weighted by Gasteiger charge is -2.20. The van der Waals surface area contributed by atoms with Gasteiger partial charge in [0.05, 0.1) is 6.26 Å². The molecule has 6 heteroatoms. The van der Waals surface area contributed by atoms with Gasteiger partial charge in [-0.25, -0.2) is 12.8 Å². The first kappa shape index (κ1) is 23.6. The molecule has 1 N–H and O–H groups in total. The van der Waals surface area contributed by atoms with Crippen LogP contribution in [0.3, 0.4) is 0 Å². The van der Waals surface area contributed by atoms with E-state index in [0.29, 0.717) is 12.1 Å². The molecule has 0 spiro atoms. The molecule has 0 aliphatic carbocycles. The fourth-order valence-corrected chi connectivity index (χ4v) is 3.40. The lowest BCUT2D eigenvalue weighted by Crippen LogP contribution is -2.25. The topological polar surface area (TPSA) is 49.4 Å². The van der Waals surface area contributed by atoms with Crippen LogP contribution in [-0.2, 0) is 10.0 Å². The fourth-order valence-electron chi connectivity index (χ4n) is 2.84. The molecule has 1 aromatic carbocycles. The standard InChI is InChI=1S/C21H35FN2O2S/c1-5-24(17-9-6-8-16-21(2,3)22)18-10-7-11-19-12-14-20(15-13-19)23-27(4,25)26/h7,11-15,23H,5-6,8-10,16-18H2,1-4H3/b11-7+. The Morgan fingerprint density at radius 1 is 1.11 bits per heavy atom. The Morgan fingerprint density at radius 2 is 1.78 bits per heavy atom. The molecule has 0 aliphatic rings. The van der Waals surface area contributed by atoms with E-state index in [9.17, 15) is 12.8 Å². The van der Waals surface area contributed by atoms with E-state index < -0.39 is 15.7 Å². The van der Waals surface area contributed by atoms with Gasteiger partial charge in [-0.3, -0.25) is 4.72 Å². The van der Waals surface area contributed by atoms with Gasteiger partial charge in [0.25, 0.3) is 0 Å². The Morgan fingerprint density at radius 3 is 2.33 bits per heavy atom. The molecular formula is C21H35FN2O2S. The number of sulfonamides is 1. The summed E-state index contributed by atoms with van der Waals surface area (Å²) in [4.78, 5) is 2.42. The molecule has 0 aromatic heterocycles. The van der Waals surface area contributed by atoms with Crippen LogP contribution in [0.1, 0.15) is 58.4 Å². The number of nitrogens with zero attached hydrogens (tertiary/aromatic N) is 1. The number of benzene rings is 1. The number of alkyl halides is 1. The number of unbranched alkanes of at least 4 members (excludes halogenated alkanes) is 2. The van der Waals surface area contributed by atoms with Crippen molar-refractivity contribution in [3.8, 4) is 0 Å². The molecule has 0 heterocycles. The summed E-state index contributed by atoms with van der Waals surface area (Å²) >= 11 is 0. The number of hydrogen-bond donors (Lipinski definition) is 1. The zero-order valence-electron chi connectivity index (χ0n) is 17.2. The van der Waals surface area contributed by atoms with Crippen molar-refractivity contribution in [2.75, 3.05) is 30.6 Å². The molecule has 0 unspecified atom stereocenters. The van der Waals surface area contributed by atoms with E-state index in [4.69, 9.17) is 0 Å². The molecular weight excluding hydrogens is 363 g/mol. The molecule has 27 heavy (non-hydrogen) atoms. The van der Waals surface area contributed by atoms with Crippen LogP contribution in [0, 0.1) is 0 Å². The van der Waals surface area contributed by atoms with Crippen LogP contribution in [0.2, 0.25) is 0 Å². The second kappa shape index (κ2) is 11.4. The lowest BCUT2D eigenvalue weighted by atomic mass is 10.0. The minimum absolute atomic E-state index is 0.572. The van der Waals surface area contributed by atoms with Crippen molar-refractivity contribution in [2.45, 2.75) is 58.5 Å². The summed E-state index contributed by atoms with van der Waals surface area (Å²) < 4.78 is 38.3. The first-order valence-corrected chi connectivity index (χ1v) is 11.6. The van der Waals surface area contributed by atoms with Gasteiger partial charge in [0.2, 0.25) is 10.0 Å². The average molecular weight is 399 g/mol. The van der Waals surface area contributed by atoms with Crippen LogP contribution >= 0.6 is 0 Å². The first-order valence-electron chi connectivity index (χ1n) is 9.75. The molecule has 0 bridgehead atoms. The molecule has 1 aromatic rings. The van der Waals surface area contributed by atoms with Crippen molar-refractivity contribution < 1.29 is 12.8 Å². The number of hydrogen-bond acceptors (Lipinski definition) is 3. The Kier molecular flexibility index (Phi) is 10.0. The van der Waals surface area contributed by atoms with E-state index in [1.54, 1.807) is 26.0 Å². The highest BCUT2D eigenvalue weighted by atomic mass is 32.2. The third-order valence-corrected chi connectivity index (χ3v) is 4.94. The van der Waals surface area contributed by atoms with Gasteiger partial charge in [0, 0.05) is 12.2 Å². The Balaban J connectivity index is 2.29. The number of halogens is 1. The monoisotopic (exact) mass is 398 g/mol. The minimum atomic E-state index is -3.23. The highest BCUT2D eigenvalue weighted by molar-refractivity contribution is 7.92. The normalized spacial score (nSPS) is 12.8. The Bertz CT molecular complexity index is 664. The van der Waals surface area contributed by atoms with Gasteiger partial charge in [-0.05, 0) is 63.9 Å². The molecule has 0 radical (unpaired) electrons. The van der Waals surface area contributed by atoms with Crippen LogP contribution in [0.25, 0.3) is 6.08 Å². The highest BCUT2D eigenvalue weighted by Crippen LogP contribution is 2.18. The minimum Gasteiger partial charge on any atom is -0.303 e. The van der Waals surface area contributed by atoms with E-state index in [1.807, 2.05) is 12.1 Å². The van der Waals surface area contributed by atoms with Gasteiger partial charge in [0.15, 0.2) is 0 Å². The van der Waals surface area contributed by atoms with Crippen molar-refractivity contribution in [1.29, 1.82) is 0 Å². The molecule has 0 atom stereocenters. The van der Waals surface area contributed by atoms with Crippen LogP contribution in [0.15, 0.2) is 30.3 Å². The summed E-state index contributed by atoms with van der Waals surface area (Å²) in [6, 6.07) is 7.32. The molecule has 4 nitrogen and oxygen atoms in total. The number of anilines is 1. The van der Waals surface area contributed by atoms with E-state index in [-0.39, 0.29) is 0 Å². The molecule has 0 saturated carbocycles. The quantitative estimate of drug-likeness (QED) is 0.471. The van der Waals surface area contributed by atoms with Crippen LogP contribution in [0.5, 0.6) is 0 Å². The van der Waals surface area contributed by atoms with Crippen molar-refractivity contribution >= 4 is 21.8 Å². The van der Waals surface area contributed by atoms with Gasteiger partial charge < -0.3 is 4.90 Å². The smallest absolute Gasteiger partial charge is 0.229 e. The largest absolute Gasteiger partial charge is 0.303 e. The predicted molar refractivity (Wildman–Crippen MR) is 114 cm³/mol. The molecule has 0 saturated heterocycles. The fraction of sp³-hybridized carbons (Fsp3) is 0.619. The maximum atomic E-state index is 13.4. The maximum absolute atomic E-state index is 13.4. The SMILES string of the molecule is CCN(CC/C=C/c1ccc(NS(C)(=O)=O)cc1)CCCCCC(C)(C)F. The van der Waals surface area contributed by atoms with E-state index in [0.717, 1.165) is 57.1 Å². The van der Waals surface area contributed by atoms with Crippen LogP contribution < -0.4 is 4.72 Å². The van der Waals surface area contributed by atoms with Crippen molar-refractivity contribution in [2.24, 2.45) is 0 Å². The molecule has 154 valence electrons. The lowest BCUT2D eigenvalue weighted by molar-refractivity contribution is 0.193. The van der Waals surface area contributed by atoms with Gasteiger partial charge in [-0.1, -0.05) is 44.1 Å². The Labute approximate surface area is 164 Å². The van der Waals surface area contributed by atoms with Gasteiger partial charge >= 0.3 is 0 Å². The van der Waals surface area contributed by atoms with Crippen molar-refractivity contribution in [1.82, 2.24) is 4.90 Å². The summed E-state index contributed by atoms with van der Waals surface area (Å²) in [5.74, 6) is 0. The average Bonchev–Trinajstić information content (AvgIpc) is 2.55. The van der Waals surface area contributed by atoms with E-state index in [1.165, 1.54) is 0 Å². The maximum Gasteiger partial charge on any atom is 0.229 e. The third-order valence-electron chi connectivity index (χ3n) is 4.33. The molecule has 0 amide bonds. The first-order chi connectivity index (χ1) is 12.6. The molecule has 0 fully saturated rings. The number of nitrogens with one attached hydrogen (secondary N) is 1. The number of rotatable bonds is 13. The van der Waals surface area contributed by atoms with Crippen molar-refractivity contribution in [3.05, 3.63) is 35.9 Å². The summed E-state index contributed by atoms with van der Waals surface area (Å²) in [6.45, 7) is 8.55. The second-order valence-electron chi connectivity index (χ2n) is 7.65. The van der Waals surface area contributed by atoms with Crippen LogP contribution in [-0.4, -0.2) is 44.9 Å². The van der Waals surface area contributed by atoms with Gasteiger partial charge in [-0.15, -0.1) is 0 Å². The molecule has 0 aliphatic heterocycles. The summed E-state index contributed by atoms with van der Waals surface area (Å²) in [5, 5.41) is 0. The van der Waals surface area contributed by atoms with Gasteiger partial charge in [-0.2, -0.15) is 0 Å². The van der Waals surface area contributed by atoms with Crippen molar-refractivity contribution in [3.63, 3.8) is 0 Å². The van der Waals surface area contributed by atoms with E-state index >= 15 is 0 Å². The third kappa shape index (κ3) is 12.6. The summed E-state index contributed by atoms with van der Waals surface area (Å²) in [5.41, 5.74) is 0.572. The second-order valence-corrected chi connectivity index (χ2v) is 9.40. The highest BCUT2D eigenvalue weighted by Gasteiger charge is 2.14.